The van der Waals surface area contributed by atoms with Crippen LogP contribution in [0.25, 0.3) is 0 Å². The summed E-state index contributed by atoms with van der Waals surface area (Å²) in [6.45, 7) is 0.231. The van der Waals surface area contributed by atoms with E-state index in [-0.39, 0.29) is 31.8 Å². The summed E-state index contributed by atoms with van der Waals surface area (Å²) in [4.78, 5) is 9.52. The van der Waals surface area contributed by atoms with Crippen LogP contribution in [0.4, 0.5) is 0 Å². The van der Waals surface area contributed by atoms with Crippen LogP contribution in [-0.2, 0) is 4.79 Å². The first kappa shape index (κ1) is 10.1. The van der Waals surface area contributed by atoms with Gasteiger partial charge in [0.2, 0.25) is 0 Å². The molecule has 0 amide bonds. The predicted octanol–water partition coefficient (Wildman–Crippen LogP) is -1.23. The molecule has 38 valence electrons. The molecule has 0 fully saturated rings. The molecule has 3 nitrogen and oxygen atoms in total. The van der Waals surface area contributed by atoms with Crippen LogP contribution >= 0.6 is 0 Å². The molecule has 0 aliphatic heterocycles. The molecule has 0 saturated heterocycles. The van der Waals surface area contributed by atoms with Gasteiger partial charge in [-0.1, -0.05) is 0 Å². The second kappa shape index (κ2) is 6.03. The standard InChI is InChI=1S/C3H7NO2.Li.H/c4-2-1-3(5)6;;/h1-2,4H2,(H,5,6);;. The van der Waals surface area contributed by atoms with E-state index in [0.717, 1.165) is 0 Å². The van der Waals surface area contributed by atoms with Gasteiger partial charge in [0.05, 0.1) is 6.42 Å². The maximum atomic E-state index is 9.52. The van der Waals surface area contributed by atoms with Crippen LogP contribution in [0.5, 0.6) is 0 Å². The Bertz CT molecular complexity index is 56.9. The van der Waals surface area contributed by atoms with Crippen molar-refractivity contribution in [3.05, 3.63) is 0 Å². The van der Waals surface area contributed by atoms with E-state index >= 15 is 0 Å². The molecule has 0 aliphatic carbocycles. The number of carbonyl (C=O) groups is 1. The molecule has 0 aromatic heterocycles. The first-order chi connectivity index (χ1) is 2.77. The Kier molecular flexibility index (Phi) is 8.70. The van der Waals surface area contributed by atoms with Crippen LogP contribution in [0.2, 0.25) is 0 Å². The zero-order chi connectivity index (χ0) is 4.99. The van der Waals surface area contributed by atoms with Crippen molar-refractivity contribution >= 4 is 24.8 Å². The zero-order valence-electron chi connectivity index (χ0n) is 3.35. The normalized spacial score (nSPS) is 7.00. The number of aliphatic carboxylic acids is 1. The Labute approximate surface area is 54.1 Å². The first-order valence-electron chi connectivity index (χ1n) is 1.69. The van der Waals surface area contributed by atoms with Crippen molar-refractivity contribution in [1.82, 2.24) is 0 Å². The molecule has 0 unspecified atom stereocenters. The first-order valence-corrected chi connectivity index (χ1v) is 1.69. The van der Waals surface area contributed by atoms with Crippen LogP contribution in [0.15, 0.2) is 0 Å². The predicted molar refractivity (Wildman–Crippen MR) is 28.5 cm³/mol. The van der Waals surface area contributed by atoms with Gasteiger partial charge in [0.25, 0.3) is 0 Å². The molecule has 0 atom stereocenters. The number of hydrogen-bond acceptors (Lipinski definition) is 2. The Morgan fingerprint density at radius 1 is 1.71 bits per heavy atom. The molecule has 7 heavy (non-hydrogen) atoms. The van der Waals surface area contributed by atoms with Crippen molar-refractivity contribution in [3.8, 4) is 0 Å². The van der Waals surface area contributed by atoms with Crippen molar-refractivity contribution in [3.63, 3.8) is 0 Å². The molecule has 0 rings (SSSR count). The van der Waals surface area contributed by atoms with E-state index in [1.54, 1.807) is 0 Å². The van der Waals surface area contributed by atoms with E-state index in [2.05, 4.69) is 0 Å². The summed E-state index contributed by atoms with van der Waals surface area (Å²) >= 11 is 0. The molecular formula is C3H8LiNO2. The number of nitrogens with two attached hydrogens (primary N) is 1. The molecule has 0 aliphatic rings. The summed E-state index contributed by atoms with van der Waals surface area (Å²) in [6, 6.07) is 0. The van der Waals surface area contributed by atoms with Crippen LogP contribution in [0.3, 0.4) is 0 Å². The summed E-state index contributed by atoms with van der Waals surface area (Å²) in [7, 11) is 0. The van der Waals surface area contributed by atoms with Crippen LogP contribution in [0, 0.1) is 0 Å². The third-order valence-corrected chi connectivity index (χ3v) is 0.358. The molecule has 0 aromatic rings. The van der Waals surface area contributed by atoms with Crippen LogP contribution in [-0.4, -0.2) is 36.5 Å². The molecule has 0 heterocycles. The number of rotatable bonds is 2. The fourth-order valence-corrected chi connectivity index (χ4v) is 0.123. The Morgan fingerprint density at radius 2 is 2.14 bits per heavy atom. The topological polar surface area (TPSA) is 63.3 Å². The Balaban J connectivity index is 0. The summed E-state index contributed by atoms with van der Waals surface area (Å²) in [6.07, 6.45) is 0.0694. The van der Waals surface area contributed by atoms with Gasteiger partial charge < -0.3 is 10.8 Å². The van der Waals surface area contributed by atoms with Gasteiger partial charge in [0.1, 0.15) is 0 Å². The average molecular weight is 97.0 g/mol. The van der Waals surface area contributed by atoms with E-state index in [0.29, 0.717) is 0 Å². The monoisotopic (exact) mass is 97.1 g/mol. The van der Waals surface area contributed by atoms with Gasteiger partial charge in [-0.3, -0.25) is 4.79 Å². The van der Waals surface area contributed by atoms with Crippen LogP contribution < -0.4 is 5.73 Å². The molecule has 4 heteroatoms. The molecule has 0 bridgehead atoms. The van der Waals surface area contributed by atoms with Gasteiger partial charge in [-0.25, -0.2) is 0 Å². The number of carboxylic acids is 1. The molecule has 0 saturated carbocycles. The third kappa shape index (κ3) is 10.7. The molecule has 0 radical (unpaired) electrons. The second-order valence-corrected chi connectivity index (χ2v) is 0.932. The molecule has 3 N–H and O–H groups in total. The van der Waals surface area contributed by atoms with Gasteiger partial charge >= 0.3 is 24.8 Å². The SMILES string of the molecule is NCCC(=O)O.[LiH]. The van der Waals surface area contributed by atoms with Gasteiger partial charge in [-0.05, 0) is 0 Å². The summed E-state index contributed by atoms with van der Waals surface area (Å²) in [5.41, 5.74) is 4.85. The van der Waals surface area contributed by atoms with Crippen molar-refractivity contribution in [2.75, 3.05) is 6.54 Å². The fourth-order valence-electron chi connectivity index (χ4n) is 0.123. The van der Waals surface area contributed by atoms with Crippen molar-refractivity contribution in [2.24, 2.45) is 5.73 Å². The molecular weight excluding hydrogens is 89.0 g/mol. The van der Waals surface area contributed by atoms with E-state index < -0.39 is 5.97 Å². The molecule has 0 spiro atoms. The van der Waals surface area contributed by atoms with E-state index in [1.165, 1.54) is 0 Å². The number of hydrogen-bond donors (Lipinski definition) is 2. The molecule has 0 aromatic carbocycles. The summed E-state index contributed by atoms with van der Waals surface area (Å²) < 4.78 is 0. The van der Waals surface area contributed by atoms with E-state index in [1.807, 2.05) is 0 Å². The Hall–Kier alpha value is 0.0274. The summed E-state index contributed by atoms with van der Waals surface area (Å²) in [5, 5.41) is 7.83. The van der Waals surface area contributed by atoms with Gasteiger partial charge in [-0.15, -0.1) is 0 Å². The second-order valence-electron chi connectivity index (χ2n) is 0.932. The van der Waals surface area contributed by atoms with Gasteiger partial charge in [0, 0.05) is 6.54 Å². The van der Waals surface area contributed by atoms with Gasteiger partial charge in [0.15, 0.2) is 0 Å². The third-order valence-electron chi connectivity index (χ3n) is 0.358. The van der Waals surface area contributed by atoms with Gasteiger partial charge in [-0.2, -0.15) is 0 Å². The zero-order valence-corrected chi connectivity index (χ0v) is 3.35. The number of carboxylic acid groups (broad SMARTS) is 1. The van der Waals surface area contributed by atoms with Crippen molar-refractivity contribution in [2.45, 2.75) is 6.42 Å². The van der Waals surface area contributed by atoms with E-state index in [9.17, 15) is 4.79 Å². The van der Waals surface area contributed by atoms with E-state index in [4.69, 9.17) is 10.8 Å². The van der Waals surface area contributed by atoms with Crippen molar-refractivity contribution in [1.29, 1.82) is 0 Å². The fraction of sp³-hybridized carbons (Fsp3) is 0.667. The average Bonchev–Trinajstić information content (AvgIpc) is 1.35. The quantitative estimate of drug-likeness (QED) is 0.424. The Morgan fingerprint density at radius 3 is 2.14 bits per heavy atom. The maximum absolute atomic E-state index is 9.52. The summed E-state index contributed by atoms with van der Waals surface area (Å²) in [5.74, 6) is -0.836. The van der Waals surface area contributed by atoms with Crippen molar-refractivity contribution < 1.29 is 9.90 Å². The van der Waals surface area contributed by atoms with Crippen LogP contribution in [0.1, 0.15) is 6.42 Å². The minimum atomic E-state index is -0.836. The minimum absolute atomic E-state index is 0.